The fraction of sp³-hybridized carbons (Fsp3) is 0.931. The van der Waals surface area contributed by atoms with E-state index in [9.17, 15) is 9.59 Å². The van der Waals surface area contributed by atoms with E-state index in [1.54, 1.807) is 6.92 Å². The topological polar surface area (TPSA) is 88.7 Å². The van der Waals surface area contributed by atoms with Crippen molar-refractivity contribution < 1.29 is 18.9 Å². The van der Waals surface area contributed by atoms with Crippen molar-refractivity contribution in [3.63, 3.8) is 0 Å². The van der Waals surface area contributed by atoms with Crippen LogP contribution in [0.15, 0.2) is 0 Å². The number of nitrogens with one attached hydrogen (secondary N) is 3. The van der Waals surface area contributed by atoms with Crippen LogP contribution in [-0.4, -0.2) is 54.8 Å². The number of amides is 2. The first-order valence-corrected chi connectivity index (χ1v) is 14.8. The van der Waals surface area contributed by atoms with E-state index in [0.29, 0.717) is 29.2 Å². The molecule has 0 radical (unpaired) electrons. The summed E-state index contributed by atoms with van der Waals surface area (Å²) in [5, 5.41) is 9.89. The van der Waals surface area contributed by atoms with Crippen LogP contribution >= 0.6 is 0 Å². The van der Waals surface area contributed by atoms with Gasteiger partial charge in [0.1, 0.15) is 5.54 Å². The highest BCUT2D eigenvalue weighted by Gasteiger charge is 2.68. The maximum atomic E-state index is 13.9. The Kier molecular flexibility index (Phi) is 6.85. The van der Waals surface area contributed by atoms with Gasteiger partial charge in [-0.15, -0.1) is 0 Å². The fourth-order valence-electron chi connectivity index (χ4n) is 9.32. The molecule has 2 bridgehead atoms. The average molecular weight is 516 g/mol. The summed E-state index contributed by atoms with van der Waals surface area (Å²) in [5.74, 6) is 2.13. The smallest absolute Gasteiger partial charge is 0.405 e. The average Bonchev–Trinajstić information content (AvgIpc) is 3.41. The molecule has 1 heterocycles. The van der Waals surface area contributed by atoms with Gasteiger partial charge in [0.15, 0.2) is 0 Å². The number of hydrogen-bond donors (Lipinski definition) is 3. The van der Waals surface area contributed by atoms with E-state index in [0.717, 1.165) is 50.8 Å². The molecule has 1 aliphatic heterocycles. The highest BCUT2D eigenvalue weighted by molar-refractivity contribution is 6.45. The number of carbonyl (C=O) groups excluding carboxylic acids is 2. The lowest BCUT2D eigenvalue weighted by molar-refractivity contribution is -0.199. The first kappa shape index (κ1) is 27.5. The van der Waals surface area contributed by atoms with Gasteiger partial charge in [-0.2, -0.15) is 0 Å². The molecule has 9 atom stereocenters. The van der Waals surface area contributed by atoms with E-state index in [-0.39, 0.29) is 42.1 Å². The Morgan fingerprint density at radius 1 is 1.08 bits per heavy atom. The van der Waals surface area contributed by atoms with Gasteiger partial charge in [-0.3, -0.25) is 9.59 Å². The van der Waals surface area contributed by atoms with E-state index in [1.807, 2.05) is 27.8 Å². The summed E-state index contributed by atoms with van der Waals surface area (Å²) in [6.07, 6.45) is 8.06. The molecular weight excluding hydrogens is 465 g/mol. The lowest BCUT2D eigenvalue weighted by Crippen LogP contribution is -2.65. The van der Waals surface area contributed by atoms with Gasteiger partial charge in [-0.1, -0.05) is 20.3 Å². The largest absolute Gasteiger partial charge is 0.457 e. The second-order valence-corrected chi connectivity index (χ2v) is 14.9. The minimum atomic E-state index is -0.851. The first-order chi connectivity index (χ1) is 17.2. The minimum absolute atomic E-state index is 0.0236. The van der Waals surface area contributed by atoms with Gasteiger partial charge in [0, 0.05) is 18.5 Å². The molecule has 5 saturated carbocycles. The normalized spacial score (nSPS) is 43.7. The van der Waals surface area contributed by atoms with E-state index in [4.69, 9.17) is 9.31 Å². The molecule has 0 aromatic carbocycles. The predicted molar refractivity (Wildman–Crippen MR) is 146 cm³/mol. The molecule has 5 aliphatic carbocycles. The highest BCUT2D eigenvalue weighted by atomic mass is 16.7. The molecule has 6 aliphatic rings. The van der Waals surface area contributed by atoms with Gasteiger partial charge < -0.3 is 25.3 Å². The van der Waals surface area contributed by atoms with E-state index in [2.05, 4.69) is 36.7 Å². The third-order valence-corrected chi connectivity index (χ3v) is 11.1. The molecule has 7 nitrogen and oxygen atoms in total. The van der Waals surface area contributed by atoms with Gasteiger partial charge in [0.2, 0.25) is 11.8 Å². The molecule has 3 N–H and O–H groups in total. The maximum Gasteiger partial charge on any atom is 0.457 e. The second-order valence-electron chi connectivity index (χ2n) is 14.9. The molecule has 2 amide bonds. The van der Waals surface area contributed by atoms with Crippen molar-refractivity contribution >= 4 is 18.9 Å². The number of rotatable bonds is 7. The molecule has 6 rings (SSSR count). The van der Waals surface area contributed by atoms with Crippen molar-refractivity contribution in [3.05, 3.63) is 0 Å². The van der Waals surface area contributed by atoms with Crippen LogP contribution in [0.4, 0.5) is 0 Å². The summed E-state index contributed by atoms with van der Waals surface area (Å²) in [6, 6.07) is 0.484. The zero-order valence-electron chi connectivity index (χ0n) is 24.4. The maximum absolute atomic E-state index is 13.9. The third-order valence-electron chi connectivity index (χ3n) is 11.1. The predicted octanol–water partition coefficient (Wildman–Crippen LogP) is 3.92. The van der Waals surface area contributed by atoms with Crippen molar-refractivity contribution in [1.82, 2.24) is 16.0 Å². The molecule has 6 fully saturated rings. The molecule has 208 valence electrons. The zero-order valence-corrected chi connectivity index (χ0v) is 24.4. The Bertz CT molecular complexity index is 921. The number of carbonyl (C=O) groups is 2. The Labute approximate surface area is 224 Å². The molecule has 1 saturated heterocycles. The summed E-state index contributed by atoms with van der Waals surface area (Å²) in [6.45, 7) is 14.6. The summed E-state index contributed by atoms with van der Waals surface area (Å²) in [5.41, 5.74) is -1.05. The standard InChI is InChI=1S/C29H50BN3O4/c1-17(34)32-29(25(35)33-26(2,3)4)16-18-12-20(31-8)15-21(18)22(29)10-9-11-30-36-24-14-19-13-23(27(19,5)6)28(24,7)37-30/h18-24,31H,9-16H2,1-8H3,(H,32,34)(H,33,35)/t18-,19+,20-,21-,22+,23+,24-,28+,29+/m1/s1. The van der Waals surface area contributed by atoms with Crippen LogP contribution < -0.4 is 16.0 Å². The van der Waals surface area contributed by atoms with Crippen LogP contribution in [-0.2, 0) is 18.9 Å². The van der Waals surface area contributed by atoms with E-state index in [1.165, 1.54) is 6.42 Å². The SMILES string of the molecule is CN[C@@H]1C[C@@H]2C[C@@](NC(C)=O)(C(=O)NC(C)(C)C)[C@@H](CCCB3O[C@@H]4C[C@@H]5C[C@@H](C5(C)C)[C@]4(C)O3)[C@@H]2C1. The summed E-state index contributed by atoms with van der Waals surface area (Å²) in [4.78, 5) is 26.3. The molecule has 0 aromatic heterocycles. The summed E-state index contributed by atoms with van der Waals surface area (Å²) in [7, 11) is 1.86. The minimum Gasteiger partial charge on any atom is -0.405 e. The van der Waals surface area contributed by atoms with Gasteiger partial charge in [0.25, 0.3) is 0 Å². The Hall–Kier alpha value is -1.12. The van der Waals surface area contributed by atoms with Crippen LogP contribution in [0.1, 0.15) is 93.4 Å². The number of hydrogen-bond acceptors (Lipinski definition) is 5. The Balaban J connectivity index is 1.30. The molecule has 0 aromatic rings. The van der Waals surface area contributed by atoms with E-state index >= 15 is 0 Å². The zero-order chi connectivity index (χ0) is 27.0. The lowest BCUT2D eigenvalue weighted by atomic mass is 9.43. The van der Waals surface area contributed by atoms with Crippen molar-refractivity contribution in [2.24, 2.45) is 35.0 Å². The quantitative estimate of drug-likeness (QED) is 0.448. The molecule has 37 heavy (non-hydrogen) atoms. The Morgan fingerprint density at radius 2 is 1.81 bits per heavy atom. The lowest BCUT2D eigenvalue weighted by Gasteiger charge is -2.64. The van der Waals surface area contributed by atoms with Crippen molar-refractivity contribution in [2.45, 2.75) is 129 Å². The van der Waals surface area contributed by atoms with Gasteiger partial charge in [-0.05, 0) is 115 Å². The van der Waals surface area contributed by atoms with E-state index < -0.39 is 5.54 Å². The van der Waals surface area contributed by atoms with Crippen LogP contribution in [0.5, 0.6) is 0 Å². The van der Waals surface area contributed by atoms with Crippen molar-refractivity contribution in [3.8, 4) is 0 Å². The summed E-state index contributed by atoms with van der Waals surface area (Å²) < 4.78 is 13.2. The van der Waals surface area contributed by atoms with Crippen molar-refractivity contribution in [1.29, 1.82) is 0 Å². The third kappa shape index (κ3) is 4.57. The van der Waals surface area contributed by atoms with Crippen molar-refractivity contribution in [2.75, 3.05) is 7.05 Å². The molecule has 8 heteroatoms. The van der Waals surface area contributed by atoms with Gasteiger partial charge in [-0.25, -0.2) is 0 Å². The molecular formula is C29H50BN3O4. The van der Waals surface area contributed by atoms with Gasteiger partial charge >= 0.3 is 7.12 Å². The first-order valence-electron chi connectivity index (χ1n) is 14.8. The second kappa shape index (κ2) is 9.23. The fourth-order valence-corrected chi connectivity index (χ4v) is 9.32. The number of fused-ring (bicyclic) bond motifs is 1. The molecule has 0 unspecified atom stereocenters. The van der Waals surface area contributed by atoms with Crippen LogP contribution in [0, 0.1) is 35.0 Å². The van der Waals surface area contributed by atoms with Crippen LogP contribution in [0.3, 0.4) is 0 Å². The summed E-state index contributed by atoms with van der Waals surface area (Å²) >= 11 is 0. The Morgan fingerprint density at radius 3 is 2.43 bits per heavy atom. The van der Waals surface area contributed by atoms with Gasteiger partial charge in [0.05, 0.1) is 11.7 Å². The van der Waals surface area contributed by atoms with Crippen LogP contribution in [0.2, 0.25) is 6.32 Å². The molecule has 0 spiro atoms. The monoisotopic (exact) mass is 515 g/mol. The highest BCUT2D eigenvalue weighted by Crippen LogP contribution is 2.66. The van der Waals surface area contributed by atoms with Crippen LogP contribution in [0.25, 0.3) is 0 Å².